The van der Waals surface area contributed by atoms with Crippen LogP contribution in [0, 0.1) is 5.92 Å². The first-order chi connectivity index (χ1) is 7.06. The molecule has 0 aliphatic carbocycles. The summed E-state index contributed by atoms with van der Waals surface area (Å²) in [5.74, 6) is 0.699. The van der Waals surface area contributed by atoms with E-state index in [4.69, 9.17) is 0 Å². The van der Waals surface area contributed by atoms with E-state index in [0.717, 1.165) is 6.42 Å². The monoisotopic (exact) mass is 206 g/mol. The Hall–Kier alpha value is -0.780. The van der Waals surface area contributed by atoms with Gasteiger partial charge in [0.1, 0.15) is 0 Å². The van der Waals surface area contributed by atoms with Crippen LogP contribution in [0.3, 0.4) is 0 Å². The van der Waals surface area contributed by atoms with E-state index in [0.29, 0.717) is 5.92 Å². The van der Waals surface area contributed by atoms with E-state index in [2.05, 4.69) is 58.9 Å². The fraction of sp³-hybridized carbons (Fsp3) is 0.600. The van der Waals surface area contributed by atoms with E-state index in [1.54, 1.807) is 0 Å². The Morgan fingerprint density at radius 2 is 1.87 bits per heavy atom. The van der Waals surface area contributed by atoms with Crippen molar-refractivity contribution in [3.8, 4) is 0 Å². The fourth-order valence-electron chi connectivity index (χ4n) is 1.34. The van der Waals surface area contributed by atoms with Gasteiger partial charge in [-0.25, -0.2) is 0 Å². The standard InChI is InChI=1S/C15H26/c1-6-14(4)10-8-12-15(5)11-7-9-13(2)3/h6,8-9,12,15H,7,10-11H2,1-5H3/b12-8+,14-6?. The van der Waals surface area contributed by atoms with E-state index in [1.165, 1.54) is 24.0 Å². The van der Waals surface area contributed by atoms with Gasteiger partial charge in [-0.15, -0.1) is 0 Å². The van der Waals surface area contributed by atoms with Crippen molar-refractivity contribution in [2.24, 2.45) is 5.92 Å². The summed E-state index contributed by atoms with van der Waals surface area (Å²) in [6.45, 7) is 10.9. The molecule has 0 heterocycles. The minimum absolute atomic E-state index is 0.699. The molecule has 0 radical (unpaired) electrons. The molecule has 15 heavy (non-hydrogen) atoms. The van der Waals surface area contributed by atoms with E-state index < -0.39 is 0 Å². The van der Waals surface area contributed by atoms with Gasteiger partial charge in [-0.2, -0.15) is 0 Å². The summed E-state index contributed by atoms with van der Waals surface area (Å²) in [7, 11) is 0. The molecule has 0 aliphatic heterocycles. The van der Waals surface area contributed by atoms with Crippen LogP contribution in [0.15, 0.2) is 35.5 Å². The van der Waals surface area contributed by atoms with Crippen molar-refractivity contribution >= 4 is 0 Å². The highest BCUT2D eigenvalue weighted by atomic mass is 14.0. The van der Waals surface area contributed by atoms with Crippen molar-refractivity contribution < 1.29 is 0 Å². The minimum Gasteiger partial charge on any atom is -0.0884 e. The van der Waals surface area contributed by atoms with Crippen molar-refractivity contribution in [2.45, 2.75) is 53.9 Å². The zero-order chi connectivity index (χ0) is 11.7. The maximum absolute atomic E-state index is 2.34. The molecule has 0 aromatic carbocycles. The maximum atomic E-state index is 2.34. The largest absolute Gasteiger partial charge is 0.0884 e. The molecular formula is C15H26. The van der Waals surface area contributed by atoms with E-state index in [9.17, 15) is 0 Å². The molecule has 0 aromatic heterocycles. The summed E-state index contributed by atoms with van der Waals surface area (Å²) in [6, 6.07) is 0. The second-order valence-electron chi connectivity index (χ2n) is 4.60. The Balaban J connectivity index is 3.73. The van der Waals surface area contributed by atoms with Crippen LogP contribution in [0.2, 0.25) is 0 Å². The molecule has 1 unspecified atom stereocenters. The Morgan fingerprint density at radius 3 is 2.40 bits per heavy atom. The second kappa shape index (κ2) is 8.52. The zero-order valence-corrected chi connectivity index (χ0v) is 11.0. The minimum atomic E-state index is 0.699. The van der Waals surface area contributed by atoms with Crippen molar-refractivity contribution in [1.82, 2.24) is 0 Å². The number of hydrogen-bond acceptors (Lipinski definition) is 0. The first-order valence-corrected chi connectivity index (χ1v) is 5.98. The van der Waals surface area contributed by atoms with Crippen LogP contribution < -0.4 is 0 Å². The molecule has 0 saturated heterocycles. The van der Waals surface area contributed by atoms with Gasteiger partial charge in [0.15, 0.2) is 0 Å². The molecule has 0 nitrogen and oxygen atoms in total. The summed E-state index contributed by atoms with van der Waals surface area (Å²) < 4.78 is 0. The lowest BCUT2D eigenvalue weighted by atomic mass is 10.0. The highest BCUT2D eigenvalue weighted by molar-refractivity contribution is 5.04. The third-order valence-electron chi connectivity index (χ3n) is 2.57. The van der Waals surface area contributed by atoms with Gasteiger partial charge in [0.25, 0.3) is 0 Å². The molecule has 0 aromatic rings. The lowest BCUT2D eigenvalue weighted by Gasteiger charge is -2.03. The van der Waals surface area contributed by atoms with Crippen LogP contribution in [-0.2, 0) is 0 Å². The fourth-order valence-corrected chi connectivity index (χ4v) is 1.34. The number of rotatable bonds is 6. The van der Waals surface area contributed by atoms with Gasteiger partial charge < -0.3 is 0 Å². The summed E-state index contributed by atoms with van der Waals surface area (Å²) in [4.78, 5) is 0. The van der Waals surface area contributed by atoms with Gasteiger partial charge in [0.05, 0.1) is 0 Å². The number of hydrogen-bond donors (Lipinski definition) is 0. The van der Waals surface area contributed by atoms with E-state index in [1.807, 2.05) is 0 Å². The second-order valence-corrected chi connectivity index (χ2v) is 4.60. The lowest BCUT2D eigenvalue weighted by Crippen LogP contribution is -1.88. The molecule has 0 N–H and O–H groups in total. The predicted octanol–water partition coefficient (Wildman–Crippen LogP) is 5.28. The van der Waals surface area contributed by atoms with Crippen molar-refractivity contribution in [3.05, 3.63) is 35.5 Å². The number of allylic oxidation sites excluding steroid dienone is 6. The van der Waals surface area contributed by atoms with Gasteiger partial charge in [0.2, 0.25) is 0 Å². The SMILES string of the molecule is CC=C(C)C/C=C/C(C)CCC=C(C)C. The molecule has 0 rings (SSSR count). The van der Waals surface area contributed by atoms with Gasteiger partial charge in [-0.1, -0.05) is 42.4 Å². The predicted molar refractivity (Wildman–Crippen MR) is 71.0 cm³/mol. The quantitative estimate of drug-likeness (QED) is 0.518. The third kappa shape index (κ3) is 9.52. The van der Waals surface area contributed by atoms with Gasteiger partial charge in [-0.3, -0.25) is 0 Å². The molecule has 1 atom stereocenters. The van der Waals surface area contributed by atoms with Crippen molar-refractivity contribution in [3.63, 3.8) is 0 Å². The Bertz CT molecular complexity index is 237. The van der Waals surface area contributed by atoms with Crippen molar-refractivity contribution in [2.75, 3.05) is 0 Å². The molecule has 0 aliphatic rings. The maximum Gasteiger partial charge on any atom is -0.0142 e. The van der Waals surface area contributed by atoms with E-state index >= 15 is 0 Å². The summed E-state index contributed by atoms with van der Waals surface area (Å²) >= 11 is 0. The van der Waals surface area contributed by atoms with Crippen LogP contribution >= 0.6 is 0 Å². The Kier molecular flexibility index (Phi) is 8.08. The van der Waals surface area contributed by atoms with Gasteiger partial charge in [-0.05, 0) is 52.9 Å². The molecule has 0 spiro atoms. The van der Waals surface area contributed by atoms with Crippen LogP contribution in [0.25, 0.3) is 0 Å². The summed E-state index contributed by atoms with van der Waals surface area (Å²) in [5, 5.41) is 0. The van der Waals surface area contributed by atoms with Crippen LogP contribution in [0.5, 0.6) is 0 Å². The average Bonchev–Trinajstić information content (AvgIpc) is 2.17. The van der Waals surface area contributed by atoms with Crippen LogP contribution in [-0.4, -0.2) is 0 Å². The molecule has 0 heteroatoms. The van der Waals surface area contributed by atoms with Crippen molar-refractivity contribution in [1.29, 1.82) is 0 Å². The molecule has 0 fully saturated rings. The van der Waals surface area contributed by atoms with Crippen LogP contribution in [0.1, 0.15) is 53.9 Å². The molecule has 0 saturated carbocycles. The highest BCUT2D eigenvalue weighted by Gasteiger charge is 1.94. The smallest absolute Gasteiger partial charge is 0.0142 e. The van der Waals surface area contributed by atoms with E-state index in [-0.39, 0.29) is 0 Å². The first kappa shape index (κ1) is 14.2. The van der Waals surface area contributed by atoms with Gasteiger partial charge in [0, 0.05) is 0 Å². The molecule has 0 bridgehead atoms. The summed E-state index contributed by atoms with van der Waals surface area (Å²) in [5.41, 5.74) is 2.87. The lowest BCUT2D eigenvalue weighted by molar-refractivity contribution is 0.654. The zero-order valence-electron chi connectivity index (χ0n) is 11.0. The molecule has 0 amide bonds. The average molecular weight is 206 g/mol. The highest BCUT2D eigenvalue weighted by Crippen LogP contribution is 2.10. The molecule has 86 valence electrons. The normalized spacial score (nSPS) is 14.3. The first-order valence-electron chi connectivity index (χ1n) is 5.98. The third-order valence-corrected chi connectivity index (χ3v) is 2.57. The Labute approximate surface area is 95.8 Å². The topological polar surface area (TPSA) is 0 Å². The Morgan fingerprint density at radius 1 is 1.20 bits per heavy atom. The van der Waals surface area contributed by atoms with Gasteiger partial charge >= 0.3 is 0 Å². The summed E-state index contributed by atoms with van der Waals surface area (Å²) in [6.07, 6.45) is 12.7. The molecular weight excluding hydrogens is 180 g/mol. The van der Waals surface area contributed by atoms with Crippen LogP contribution in [0.4, 0.5) is 0 Å².